The number of ether oxygens (including phenoxy) is 1. The van der Waals surface area contributed by atoms with E-state index in [4.69, 9.17) is 10.5 Å². The summed E-state index contributed by atoms with van der Waals surface area (Å²) in [5.41, 5.74) is 10.5. The number of hydrogen-bond donors (Lipinski definition) is 4. The van der Waals surface area contributed by atoms with Crippen LogP contribution in [-0.2, 0) is 6.42 Å². The molecule has 3 aromatic carbocycles. The molecule has 4 rings (SSSR count). The Morgan fingerprint density at radius 2 is 1.76 bits per heavy atom. The van der Waals surface area contributed by atoms with Crippen LogP contribution in [0.5, 0.6) is 5.75 Å². The number of para-hydroxylation sites is 1. The number of aliphatic hydroxyl groups is 1. The molecule has 0 fully saturated rings. The predicted octanol–water partition coefficient (Wildman–Crippen LogP) is 4.13. The SMILES string of the molecule is CNC(=O)c1ccc(C#Cc2cc(C(N)=O)c(OC(C)C)c([C@H](CO)Cc3c[nH]c4ccccc34)c2)cc1. The first-order chi connectivity index (χ1) is 18.3. The number of fused-ring (bicyclic) bond motifs is 1. The summed E-state index contributed by atoms with van der Waals surface area (Å²) in [5.74, 6) is 5.38. The molecule has 7 nitrogen and oxygen atoms in total. The average Bonchev–Trinajstić information content (AvgIpc) is 3.33. The number of carbonyl (C=O) groups excluding carboxylic acids is 2. The van der Waals surface area contributed by atoms with E-state index >= 15 is 0 Å². The maximum absolute atomic E-state index is 12.5. The smallest absolute Gasteiger partial charge is 0.252 e. The van der Waals surface area contributed by atoms with Crippen LogP contribution in [0.4, 0.5) is 0 Å². The maximum Gasteiger partial charge on any atom is 0.252 e. The van der Waals surface area contributed by atoms with Crippen LogP contribution in [0.15, 0.2) is 66.9 Å². The summed E-state index contributed by atoms with van der Waals surface area (Å²) in [4.78, 5) is 27.6. The number of aromatic amines is 1. The molecule has 0 aliphatic heterocycles. The Kier molecular flexibility index (Phi) is 8.15. The first-order valence-corrected chi connectivity index (χ1v) is 12.4. The molecule has 38 heavy (non-hydrogen) atoms. The Morgan fingerprint density at radius 1 is 1.05 bits per heavy atom. The van der Waals surface area contributed by atoms with Gasteiger partial charge in [0.25, 0.3) is 11.8 Å². The fourth-order valence-corrected chi connectivity index (χ4v) is 4.41. The van der Waals surface area contributed by atoms with Crippen molar-refractivity contribution in [3.63, 3.8) is 0 Å². The highest BCUT2D eigenvalue weighted by molar-refractivity contribution is 5.97. The lowest BCUT2D eigenvalue weighted by Crippen LogP contribution is -2.19. The zero-order valence-electron chi connectivity index (χ0n) is 21.7. The van der Waals surface area contributed by atoms with E-state index in [1.54, 1.807) is 37.4 Å². The Labute approximate surface area is 222 Å². The first-order valence-electron chi connectivity index (χ1n) is 12.4. The maximum atomic E-state index is 12.5. The zero-order chi connectivity index (χ0) is 27.2. The van der Waals surface area contributed by atoms with E-state index in [0.29, 0.717) is 34.4 Å². The summed E-state index contributed by atoms with van der Waals surface area (Å²) in [6.45, 7) is 3.58. The van der Waals surface area contributed by atoms with E-state index in [-0.39, 0.29) is 30.1 Å². The van der Waals surface area contributed by atoms with Gasteiger partial charge in [0.05, 0.1) is 18.3 Å². The number of rotatable bonds is 8. The number of aromatic nitrogens is 1. The van der Waals surface area contributed by atoms with Crippen molar-refractivity contribution in [3.05, 3.63) is 100 Å². The number of hydrogen-bond acceptors (Lipinski definition) is 4. The molecule has 0 unspecified atom stereocenters. The van der Waals surface area contributed by atoms with E-state index in [2.05, 4.69) is 22.1 Å². The van der Waals surface area contributed by atoms with Gasteiger partial charge in [-0.25, -0.2) is 0 Å². The molecule has 194 valence electrons. The van der Waals surface area contributed by atoms with Crippen molar-refractivity contribution in [3.8, 4) is 17.6 Å². The van der Waals surface area contributed by atoms with Gasteiger partial charge in [0, 0.05) is 52.3 Å². The molecule has 0 saturated carbocycles. The van der Waals surface area contributed by atoms with Crippen molar-refractivity contribution in [1.82, 2.24) is 10.3 Å². The third-order valence-electron chi connectivity index (χ3n) is 6.26. The molecule has 2 amide bonds. The normalized spacial score (nSPS) is 11.6. The number of primary amides is 1. The van der Waals surface area contributed by atoms with Crippen LogP contribution >= 0.6 is 0 Å². The average molecular weight is 510 g/mol. The number of nitrogens with one attached hydrogen (secondary N) is 2. The quantitative estimate of drug-likeness (QED) is 0.267. The molecule has 7 heteroatoms. The van der Waals surface area contributed by atoms with Crippen molar-refractivity contribution >= 4 is 22.7 Å². The van der Waals surface area contributed by atoms with Gasteiger partial charge in [0.1, 0.15) is 5.75 Å². The van der Waals surface area contributed by atoms with E-state index < -0.39 is 5.91 Å². The molecule has 0 aliphatic rings. The van der Waals surface area contributed by atoms with Crippen LogP contribution < -0.4 is 15.8 Å². The second-order valence-electron chi connectivity index (χ2n) is 9.32. The van der Waals surface area contributed by atoms with Crippen molar-refractivity contribution in [2.24, 2.45) is 5.73 Å². The van der Waals surface area contributed by atoms with Gasteiger partial charge in [0.2, 0.25) is 0 Å². The van der Waals surface area contributed by atoms with Gasteiger partial charge in [-0.05, 0) is 68.3 Å². The summed E-state index contributed by atoms with van der Waals surface area (Å²) in [6, 6.07) is 18.4. The van der Waals surface area contributed by atoms with Crippen molar-refractivity contribution in [2.75, 3.05) is 13.7 Å². The number of aliphatic hydroxyl groups excluding tert-OH is 1. The fraction of sp³-hybridized carbons (Fsp3) is 0.226. The minimum atomic E-state index is -0.635. The number of benzene rings is 3. The zero-order valence-corrected chi connectivity index (χ0v) is 21.7. The van der Waals surface area contributed by atoms with Crippen LogP contribution in [0.3, 0.4) is 0 Å². The largest absolute Gasteiger partial charge is 0.490 e. The molecule has 4 aromatic rings. The van der Waals surface area contributed by atoms with Crippen molar-refractivity contribution in [1.29, 1.82) is 0 Å². The van der Waals surface area contributed by atoms with Crippen LogP contribution in [-0.4, -0.2) is 41.7 Å². The van der Waals surface area contributed by atoms with Crippen LogP contribution in [0.25, 0.3) is 10.9 Å². The second kappa shape index (κ2) is 11.7. The minimum Gasteiger partial charge on any atom is -0.490 e. The molecule has 0 radical (unpaired) electrons. The lowest BCUT2D eigenvalue weighted by atomic mass is 9.88. The summed E-state index contributed by atoms with van der Waals surface area (Å²) < 4.78 is 6.09. The van der Waals surface area contributed by atoms with Gasteiger partial charge >= 0.3 is 0 Å². The lowest BCUT2D eigenvalue weighted by Gasteiger charge is -2.23. The van der Waals surface area contributed by atoms with E-state index in [0.717, 1.165) is 16.5 Å². The van der Waals surface area contributed by atoms with Gasteiger partial charge < -0.3 is 25.9 Å². The predicted molar refractivity (Wildman–Crippen MR) is 148 cm³/mol. The van der Waals surface area contributed by atoms with Gasteiger partial charge in [-0.15, -0.1) is 0 Å². The van der Waals surface area contributed by atoms with Crippen LogP contribution in [0.1, 0.15) is 62.7 Å². The number of amides is 2. The van der Waals surface area contributed by atoms with E-state index in [1.807, 2.05) is 50.4 Å². The summed E-state index contributed by atoms with van der Waals surface area (Å²) >= 11 is 0. The van der Waals surface area contributed by atoms with E-state index in [1.165, 1.54) is 0 Å². The molecule has 0 spiro atoms. The highest BCUT2D eigenvalue weighted by Crippen LogP contribution is 2.35. The van der Waals surface area contributed by atoms with Crippen molar-refractivity contribution in [2.45, 2.75) is 32.3 Å². The molecule has 0 bridgehead atoms. The van der Waals surface area contributed by atoms with Gasteiger partial charge in [-0.1, -0.05) is 30.0 Å². The Morgan fingerprint density at radius 3 is 2.42 bits per heavy atom. The lowest BCUT2D eigenvalue weighted by molar-refractivity contribution is 0.0961. The van der Waals surface area contributed by atoms with E-state index in [9.17, 15) is 14.7 Å². The number of H-pyrrole nitrogens is 1. The third kappa shape index (κ3) is 5.88. The second-order valence-corrected chi connectivity index (χ2v) is 9.32. The molecule has 1 atom stereocenters. The van der Waals surface area contributed by atoms with Gasteiger partial charge in [-0.2, -0.15) is 0 Å². The topological polar surface area (TPSA) is 117 Å². The molecule has 1 heterocycles. The molecule has 0 saturated heterocycles. The highest BCUT2D eigenvalue weighted by atomic mass is 16.5. The molecule has 5 N–H and O–H groups in total. The molecule has 1 aromatic heterocycles. The molecular weight excluding hydrogens is 478 g/mol. The Balaban J connectivity index is 1.77. The van der Waals surface area contributed by atoms with Crippen molar-refractivity contribution < 1.29 is 19.4 Å². The van der Waals surface area contributed by atoms with Crippen LogP contribution in [0, 0.1) is 11.8 Å². The number of carbonyl (C=O) groups is 2. The standard InChI is InChI=1S/C31H31N3O4/c1-19(2)38-29-26(24(18-35)16-23-17-34-28-7-5-4-6-25(23)28)14-21(15-27(29)30(32)36)9-8-20-10-12-22(13-11-20)31(37)33-3/h4-7,10-15,17,19,24,34-35H,16,18H2,1-3H3,(H2,32,36)(H,33,37)/t24-/m0/s1. The monoisotopic (exact) mass is 509 g/mol. The Bertz CT molecular complexity index is 1520. The van der Waals surface area contributed by atoms with Crippen LogP contribution in [0.2, 0.25) is 0 Å². The fourth-order valence-electron chi connectivity index (χ4n) is 4.41. The van der Waals surface area contributed by atoms with Gasteiger partial charge in [-0.3, -0.25) is 9.59 Å². The summed E-state index contributed by atoms with van der Waals surface area (Å²) in [6.07, 6.45) is 2.25. The summed E-state index contributed by atoms with van der Waals surface area (Å²) in [7, 11) is 1.58. The summed E-state index contributed by atoms with van der Waals surface area (Å²) in [5, 5.41) is 14.1. The Hall–Kier alpha value is -4.54. The molecule has 0 aliphatic carbocycles. The van der Waals surface area contributed by atoms with Gasteiger partial charge in [0.15, 0.2) is 0 Å². The number of nitrogens with two attached hydrogens (primary N) is 1. The molecular formula is C31H31N3O4. The third-order valence-corrected chi connectivity index (χ3v) is 6.26. The highest BCUT2D eigenvalue weighted by Gasteiger charge is 2.24. The minimum absolute atomic E-state index is 0.163. The first kappa shape index (κ1) is 26.5.